The summed E-state index contributed by atoms with van der Waals surface area (Å²) in [4.78, 5) is 0. The third kappa shape index (κ3) is 14.7. The van der Waals surface area contributed by atoms with Gasteiger partial charge in [0.25, 0.3) is 0 Å². The molecule has 0 saturated heterocycles. The molecule has 0 saturated carbocycles. The second-order valence-corrected chi connectivity index (χ2v) is 19.2. The number of rotatable bonds is 8. The van der Waals surface area contributed by atoms with Crippen molar-refractivity contribution in [2.75, 3.05) is 13.7 Å². The van der Waals surface area contributed by atoms with E-state index in [9.17, 15) is 0 Å². The van der Waals surface area contributed by atoms with Crippen LogP contribution < -0.4 is 0 Å². The predicted molar refractivity (Wildman–Crippen MR) is 95.2 cm³/mol. The lowest BCUT2D eigenvalue weighted by Gasteiger charge is -2.37. The Morgan fingerprint density at radius 3 is 1.63 bits per heavy atom. The van der Waals surface area contributed by atoms with E-state index in [-0.39, 0.29) is 14.9 Å². The van der Waals surface area contributed by atoms with Crippen LogP contribution in [-0.2, 0) is 13.0 Å². The van der Waals surface area contributed by atoms with Crippen LogP contribution in [0.15, 0.2) is 0 Å². The van der Waals surface area contributed by atoms with Gasteiger partial charge in [0, 0.05) is 13.7 Å². The highest BCUT2D eigenvalue weighted by Crippen LogP contribution is 2.23. The lowest BCUT2D eigenvalue weighted by Crippen LogP contribution is -2.51. The summed E-state index contributed by atoms with van der Waals surface area (Å²) >= 11 is 0. The minimum atomic E-state index is -1.95. The average Bonchev–Trinajstić information content (AvgIpc) is 1.96. The first kappa shape index (κ1) is 24.5. The smallest absolute Gasteiger partial charge is 0.311 e. The van der Waals surface area contributed by atoms with E-state index in [4.69, 9.17) is 13.0 Å². The Balaban J connectivity index is -0.00000128. The van der Waals surface area contributed by atoms with Crippen LogP contribution in [0.25, 0.3) is 0 Å². The molecule has 0 aromatic heterocycles. The van der Waals surface area contributed by atoms with Crippen LogP contribution >= 0.6 is 0 Å². The van der Waals surface area contributed by atoms with Gasteiger partial charge in [-0.05, 0) is 58.3 Å². The Bertz CT molecular complexity index is 226. The van der Waals surface area contributed by atoms with Crippen molar-refractivity contribution in [2.24, 2.45) is 0 Å². The second kappa shape index (κ2) is 9.46. The first-order valence-corrected chi connectivity index (χ1v) is 15.7. The summed E-state index contributed by atoms with van der Waals surface area (Å²) < 4.78 is 17.7. The summed E-state index contributed by atoms with van der Waals surface area (Å²) in [7, 11) is -3.29. The van der Waals surface area contributed by atoms with Crippen molar-refractivity contribution in [3.63, 3.8) is 0 Å². The normalized spacial score (nSPS) is 12.6. The minimum Gasteiger partial charge on any atom is -0.437 e. The van der Waals surface area contributed by atoms with Crippen molar-refractivity contribution in [3.8, 4) is 0 Å². The molecule has 0 aliphatic heterocycles. The van der Waals surface area contributed by atoms with Gasteiger partial charge in [-0.25, -0.2) is 0 Å². The fourth-order valence-electron chi connectivity index (χ4n) is 2.12. The Morgan fingerprint density at radius 2 is 1.26 bits per heavy atom. The zero-order valence-corrected chi connectivity index (χ0v) is 15.8. The molecule has 0 atom stereocenters. The Kier molecular flexibility index (Phi) is 12.2. The fourth-order valence-corrected chi connectivity index (χ4v) is 15.3. The maximum atomic E-state index is 6.38. The molecule has 0 fully saturated rings. The van der Waals surface area contributed by atoms with Gasteiger partial charge in [-0.2, -0.15) is 0 Å². The first-order chi connectivity index (χ1) is 7.47. The summed E-state index contributed by atoms with van der Waals surface area (Å²) in [6.07, 6.45) is 1.09. The van der Waals surface area contributed by atoms with E-state index in [0.717, 1.165) is 19.1 Å². The largest absolute Gasteiger partial charge is 0.437 e. The monoisotopic (exact) mass is 326 g/mol. The number of ether oxygens (including phenoxy) is 1. The van der Waals surface area contributed by atoms with Gasteiger partial charge in [0.2, 0.25) is 0 Å². The third-order valence-electron chi connectivity index (χ3n) is 2.20. The van der Waals surface area contributed by atoms with Crippen molar-refractivity contribution in [2.45, 2.75) is 73.1 Å². The Hall–Kier alpha value is 0.531. The zero-order valence-electron chi connectivity index (χ0n) is 12.8. The summed E-state index contributed by atoms with van der Waals surface area (Å²) in [5.41, 5.74) is 0. The zero-order chi connectivity index (χ0) is 13.7. The summed E-state index contributed by atoms with van der Waals surface area (Å²) in [6, 6.07) is 1.15. The lowest BCUT2D eigenvalue weighted by atomic mass is 10.5. The molecule has 120 valence electrons. The molecule has 0 aromatic rings. The predicted octanol–water partition coefficient (Wildman–Crippen LogP) is 5.07. The Morgan fingerprint density at radius 1 is 0.789 bits per heavy atom. The van der Waals surface area contributed by atoms with Gasteiger partial charge in [0.05, 0.1) is 0 Å². The molecule has 0 bridgehead atoms. The molecule has 0 radical (unpaired) electrons. The molecule has 0 spiro atoms. The molecule has 0 unspecified atom stereocenters. The third-order valence-corrected chi connectivity index (χ3v) is 12.4. The van der Waals surface area contributed by atoms with Gasteiger partial charge in [-0.15, -0.1) is 0 Å². The molecular formula is C13H38O3Si3. The molecule has 0 N–H and O–H groups in total. The molecule has 0 heterocycles. The van der Waals surface area contributed by atoms with Crippen molar-refractivity contribution in [1.29, 1.82) is 0 Å². The summed E-state index contributed by atoms with van der Waals surface area (Å²) in [6.45, 7) is 16.4. The number of hydrogen-bond acceptors (Lipinski definition) is 3. The van der Waals surface area contributed by atoms with Gasteiger partial charge < -0.3 is 13.0 Å². The van der Waals surface area contributed by atoms with Crippen LogP contribution in [0, 0.1) is 0 Å². The topological polar surface area (TPSA) is 27.7 Å². The second-order valence-electron chi connectivity index (χ2n) is 6.57. The van der Waals surface area contributed by atoms with Crippen LogP contribution in [0.5, 0.6) is 0 Å². The van der Waals surface area contributed by atoms with E-state index >= 15 is 0 Å². The van der Waals surface area contributed by atoms with E-state index in [1.165, 1.54) is 0 Å². The summed E-state index contributed by atoms with van der Waals surface area (Å²) in [5.74, 6) is 0. The van der Waals surface area contributed by atoms with Crippen LogP contribution in [0.4, 0.5) is 0 Å². The maximum Gasteiger partial charge on any atom is 0.311 e. The highest BCUT2D eigenvalue weighted by molar-refractivity contribution is 6.87. The van der Waals surface area contributed by atoms with Crippen molar-refractivity contribution in [1.82, 2.24) is 0 Å². The van der Waals surface area contributed by atoms with Crippen molar-refractivity contribution >= 4 is 25.2 Å². The van der Waals surface area contributed by atoms with Gasteiger partial charge in [-0.1, -0.05) is 14.9 Å². The van der Waals surface area contributed by atoms with Crippen LogP contribution in [0.3, 0.4) is 0 Å². The average molecular weight is 327 g/mol. The summed E-state index contributed by atoms with van der Waals surface area (Å²) in [5, 5.41) is 0. The van der Waals surface area contributed by atoms with Gasteiger partial charge in [-0.3, -0.25) is 0 Å². The molecule has 0 aromatic carbocycles. The molecule has 6 heteroatoms. The van der Waals surface area contributed by atoms with E-state index in [1.54, 1.807) is 7.11 Å². The lowest BCUT2D eigenvalue weighted by molar-refractivity contribution is 0.198. The number of methoxy groups -OCH3 is 1. The fraction of sp³-hybridized carbons (Fsp3) is 1.00. The van der Waals surface area contributed by atoms with Crippen LogP contribution in [-0.4, -0.2) is 38.9 Å². The molecule has 0 rings (SSSR count). The highest BCUT2D eigenvalue weighted by Gasteiger charge is 2.37. The van der Waals surface area contributed by atoms with Crippen molar-refractivity contribution in [3.05, 3.63) is 0 Å². The minimum absolute atomic E-state index is 0. The standard InChI is InChI=1S/C11H30O3Si3.2CH4/c1-12-10-9-11-16(5,6)14-17(7,8)13-15(2,3)4;;/h9-11H2,1-8H3;2*1H4. The molecular weight excluding hydrogens is 288 g/mol. The first-order valence-electron chi connectivity index (χ1n) is 6.37. The van der Waals surface area contributed by atoms with Crippen molar-refractivity contribution < 1.29 is 13.0 Å². The quantitative estimate of drug-likeness (QED) is 0.460. The highest BCUT2D eigenvalue weighted by atomic mass is 28.5. The molecule has 0 amide bonds. The van der Waals surface area contributed by atoms with E-state index in [1.807, 2.05) is 0 Å². The van der Waals surface area contributed by atoms with E-state index < -0.39 is 25.2 Å². The van der Waals surface area contributed by atoms with Gasteiger partial charge >= 0.3 is 8.56 Å². The molecule has 0 aliphatic rings. The molecule has 0 aliphatic carbocycles. The van der Waals surface area contributed by atoms with E-state index in [2.05, 4.69) is 45.8 Å². The maximum absolute atomic E-state index is 6.38. The van der Waals surface area contributed by atoms with Crippen LogP contribution in [0.2, 0.25) is 51.9 Å². The van der Waals surface area contributed by atoms with Crippen LogP contribution in [0.1, 0.15) is 21.3 Å². The van der Waals surface area contributed by atoms with Gasteiger partial charge in [0.1, 0.15) is 0 Å². The van der Waals surface area contributed by atoms with E-state index in [0.29, 0.717) is 0 Å². The molecule has 3 nitrogen and oxygen atoms in total. The SMILES string of the molecule is C.C.COCCC[Si](C)(C)O[Si](C)(C)O[Si](C)(C)C. The van der Waals surface area contributed by atoms with Gasteiger partial charge in [0.15, 0.2) is 16.6 Å². The number of hydrogen-bond donors (Lipinski definition) is 0. The Labute approximate surface area is 125 Å². The molecule has 19 heavy (non-hydrogen) atoms.